The van der Waals surface area contributed by atoms with E-state index in [1.54, 1.807) is 12.1 Å². The second-order valence-corrected chi connectivity index (χ2v) is 4.80. The molecule has 88 valence electrons. The predicted octanol–water partition coefficient (Wildman–Crippen LogP) is 3.66. The highest BCUT2D eigenvalue weighted by atomic mass is 32.2. The zero-order valence-corrected chi connectivity index (χ0v) is 10.2. The standard InChI is InChI=1S/C12H15FO2S/c1-3-8(2)7-16-10-6-4-5-9(13)11(10)12(14)15/h4-6,8H,3,7H2,1-2H3,(H,14,15). The Balaban J connectivity index is 2.87. The minimum atomic E-state index is -1.20. The zero-order valence-electron chi connectivity index (χ0n) is 9.37. The van der Waals surface area contributed by atoms with Crippen LogP contribution in [0.2, 0.25) is 0 Å². The van der Waals surface area contributed by atoms with Crippen LogP contribution in [0, 0.1) is 11.7 Å². The minimum absolute atomic E-state index is 0.212. The Morgan fingerprint density at radius 1 is 1.56 bits per heavy atom. The molecule has 0 aliphatic rings. The number of halogens is 1. The Morgan fingerprint density at radius 3 is 2.81 bits per heavy atom. The van der Waals surface area contributed by atoms with Crippen LogP contribution >= 0.6 is 11.8 Å². The molecule has 0 aliphatic carbocycles. The lowest BCUT2D eigenvalue weighted by molar-refractivity contribution is 0.0688. The number of benzene rings is 1. The number of thioether (sulfide) groups is 1. The second kappa shape index (κ2) is 5.89. The molecule has 1 aromatic carbocycles. The first kappa shape index (κ1) is 13.0. The molecule has 1 atom stereocenters. The summed E-state index contributed by atoms with van der Waals surface area (Å²) in [5, 5.41) is 8.92. The van der Waals surface area contributed by atoms with Crippen molar-refractivity contribution in [2.75, 3.05) is 5.75 Å². The maximum Gasteiger partial charge on any atom is 0.339 e. The van der Waals surface area contributed by atoms with E-state index in [4.69, 9.17) is 5.11 Å². The van der Waals surface area contributed by atoms with Gasteiger partial charge < -0.3 is 5.11 Å². The third-order valence-corrected chi connectivity index (χ3v) is 3.80. The highest BCUT2D eigenvalue weighted by molar-refractivity contribution is 7.99. The fraction of sp³-hybridized carbons (Fsp3) is 0.417. The van der Waals surface area contributed by atoms with Crippen LogP contribution in [0.3, 0.4) is 0 Å². The van der Waals surface area contributed by atoms with Gasteiger partial charge in [0.1, 0.15) is 11.4 Å². The van der Waals surface area contributed by atoms with E-state index in [9.17, 15) is 9.18 Å². The molecule has 0 aromatic heterocycles. The predicted molar refractivity (Wildman–Crippen MR) is 63.5 cm³/mol. The van der Waals surface area contributed by atoms with E-state index in [0.717, 1.165) is 12.2 Å². The lowest BCUT2D eigenvalue weighted by atomic mass is 10.2. The van der Waals surface area contributed by atoms with Gasteiger partial charge in [0.2, 0.25) is 0 Å². The van der Waals surface area contributed by atoms with Crippen molar-refractivity contribution >= 4 is 17.7 Å². The fourth-order valence-corrected chi connectivity index (χ4v) is 2.39. The van der Waals surface area contributed by atoms with Gasteiger partial charge in [-0.3, -0.25) is 0 Å². The SMILES string of the molecule is CCC(C)CSc1cccc(F)c1C(=O)O. The van der Waals surface area contributed by atoms with Crippen LogP contribution < -0.4 is 0 Å². The van der Waals surface area contributed by atoms with Gasteiger partial charge in [-0.05, 0) is 18.1 Å². The Morgan fingerprint density at radius 2 is 2.25 bits per heavy atom. The topological polar surface area (TPSA) is 37.3 Å². The molecule has 0 aliphatic heterocycles. The van der Waals surface area contributed by atoms with Gasteiger partial charge in [-0.15, -0.1) is 11.8 Å². The van der Waals surface area contributed by atoms with Crippen molar-refractivity contribution in [3.63, 3.8) is 0 Å². The first-order valence-corrected chi connectivity index (χ1v) is 6.19. The number of carbonyl (C=O) groups is 1. The number of carboxylic acids is 1. The molecule has 1 rings (SSSR count). The highest BCUT2D eigenvalue weighted by Gasteiger charge is 2.16. The van der Waals surface area contributed by atoms with Gasteiger partial charge in [-0.1, -0.05) is 26.3 Å². The van der Waals surface area contributed by atoms with Gasteiger partial charge in [0, 0.05) is 10.6 Å². The van der Waals surface area contributed by atoms with Gasteiger partial charge >= 0.3 is 5.97 Å². The van der Waals surface area contributed by atoms with E-state index in [-0.39, 0.29) is 5.56 Å². The van der Waals surface area contributed by atoms with Crippen molar-refractivity contribution in [2.45, 2.75) is 25.2 Å². The largest absolute Gasteiger partial charge is 0.478 e. The van der Waals surface area contributed by atoms with Gasteiger partial charge in [-0.2, -0.15) is 0 Å². The molecular formula is C12H15FO2S. The average molecular weight is 242 g/mol. The third kappa shape index (κ3) is 3.23. The summed E-state index contributed by atoms with van der Waals surface area (Å²) in [6, 6.07) is 4.37. The Labute approximate surface area is 98.9 Å². The number of carboxylic acid groups (broad SMARTS) is 1. The summed E-state index contributed by atoms with van der Waals surface area (Å²) in [5.74, 6) is -0.568. The lowest BCUT2D eigenvalue weighted by Gasteiger charge is -2.10. The van der Waals surface area contributed by atoms with Crippen LogP contribution in [0.1, 0.15) is 30.6 Å². The summed E-state index contributed by atoms with van der Waals surface area (Å²) < 4.78 is 13.3. The highest BCUT2D eigenvalue weighted by Crippen LogP contribution is 2.27. The maximum absolute atomic E-state index is 13.3. The maximum atomic E-state index is 13.3. The molecule has 0 bridgehead atoms. The smallest absolute Gasteiger partial charge is 0.339 e. The lowest BCUT2D eigenvalue weighted by Crippen LogP contribution is -2.04. The summed E-state index contributed by atoms with van der Waals surface area (Å²) in [6.07, 6.45) is 1.03. The van der Waals surface area contributed by atoms with Crippen LogP contribution in [0.25, 0.3) is 0 Å². The molecule has 1 N–H and O–H groups in total. The van der Waals surface area contributed by atoms with Gasteiger partial charge in [0.05, 0.1) is 0 Å². The quantitative estimate of drug-likeness (QED) is 0.800. The van der Waals surface area contributed by atoms with Crippen LogP contribution in [-0.2, 0) is 0 Å². The molecule has 0 fully saturated rings. The second-order valence-electron chi connectivity index (χ2n) is 3.74. The molecule has 0 saturated heterocycles. The van der Waals surface area contributed by atoms with Crippen molar-refractivity contribution in [3.8, 4) is 0 Å². The average Bonchev–Trinajstić information content (AvgIpc) is 2.25. The number of rotatable bonds is 5. The van der Waals surface area contributed by atoms with Crippen molar-refractivity contribution < 1.29 is 14.3 Å². The van der Waals surface area contributed by atoms with Gasteiger partial charge in [-0.25, -0.2) is 9.18 Å². The summed E-state index contributed by atoms with van der Waals surface area (Å²) >= 11 is 1.40. The monoisotopic (exact) mass is 242 g/mol. The van der Waals surface area contributed by atoms with Crippen LogP contribution in [0.5, 0.6) is 0 Å². The number of hydrogen-bond acceptors (Lipinski definition) is 2. The molecule has 1 unspecified atom stereocenters. The minimum Gasteiger partial charge on any atom is -0.478 e. The Kier molecular flexibility index (Phi) is 4.80. The fourth-order valence-electron chi connectivity index (χ4n) is 1.18. The van der Waals surface area contributed by atoms with E-state index in [1.807, 2.05) is 0 Å². The van der Waals surface area contributed by atoms with E-state index in [1.165, 1.54) is 17.8 Å². The molecule has 4 heteroatoms. The van der Waals surface area contributed by atoms with E-state index in [0.29, 0.717) is 10.8 Å². The van der Waals surface area contributed by atoms with Crippen molar-refractivity contribution in [2.24, 2.45) is 5.92 Å². The molecule has 0 heterocycles. The van der Waals surface area contributed by atoms with Gasteiger partial charge in [0.25, 0.3) is 0 Å². The summed E-state index contributed by atoms with van der Waals surface area (Å²) in [4.78, 5) is 11.4. The van der Waals surface area contributed by atoms with Crippen molar-refractivity contribution in [3.05, 3.63) is 29.6 Å². The number of aromatic carboxylic acids is 1. The van der Waals surface area contributed by atoms with Crippen LogP contribution in [-0.4, -0.2) is 16.8 Å². The molecular weight excluding hydrogens is 227 g/mol. The van der Waals surface area contributed by atoms with Crippen LogP contribution in [0.4, 0.5) is 4.39 Å². The molecule has 0 amide bonds. The van der Waals surface area contributed by atoms with Crippen molar-refractivity contribution in [1.82, 2.24) is 0 Å². The molecule has 16 heavy (non-hydrogen) atoms. The first-order chi connectivity index (χ1) is 7.56. The molecule has 0 saturated carbocycles. The zero-order chi connectivity index (χ0) is 12.1. The summed E-state index contributed by atoms with van der Waals surface area (Å²) in [6.45, 7) is 4.17. The van der Waals surface area contributed by atoms with Crippen molar-refractivity contribution in [1.29, 1.82) is 0 Å². The normalized spacial score (nSPS) is 12.4. The first-order valence-electron chi connectivity index (χ1n) is 5.20. The van der Waals surface area contributed by atoms with E-state index >= 15 is 0 Å². The van der Waals surface area contributed by atoms with Gasteiger partial charge in [0.15, 0.2) is 0 Å². The van der Waals surface area contributed by atoms with Crippen LogP contribution in [0.15, 0.2) is 23.1 Å². The molecule has 0 spiro atoms. The molecule has 0 radical (unpaired) electrons. The Bertz CT molecular complexity index is 379. The third-order valence-electron chi connectivity index (χ3n) is 2.41. The molecule has 1 aromatic rings. The number of hydrogen-bond donors (Lipinski definition) is 1. The van der Waals surface area contributed by atoms with E-state index in [2.05, 4.69) is 13.8 Å². The Hall–Kier alpha value is -1.03. The summed E-state index contributed by atoms with van der Waals surface area (Å²) in [5.41, 5.74) is -0.212. The summed E-state index contributed by atoms with van der Waals surface area (Å²) in [7, 11) is 0. The van der Waals surface area contributed by atoms with E-state index < -0.39 is 11.8 Å². The molecule has 2 nitrogen and oxygen atoms in total.